The van der Waals surface area contributed by atoms with Gasteiger partial charge in [-0.25, -0.2) is 4.98 Å². The monoisotopic (exact) mass is 461 g/mol. The van der Waals surface area contributed by atoms with Crippen molar-refractivity contribution in [1.82, 2.24) is 9.88 Å². The van der Waals surface area contributed by atoms with Crippen LogP contribution in [0.1, 0.15) is 23.7 Å². The van der Waals surface area contributed by atoms with E-state index in [-0.39, 0.29) is 36.1 Å². The molecule has 2 heterocycles. The molecule has 1 atom stereocenters. The summed E-state index contributed by atoms with van der Waals surface area (Å²) in [5.41, 5.74) is 6.30. The predicted molar refractivity (Wildman–Crippen MR) is 111 cm³/mol. The predicted octanol–water partition coefficient (Wildman–Crippen LogP) is 4.29. The van der Waals surface area contributed by atoms with Crippen LogP contribution in [-0.2, 0) is 0 Å². The van der Waals surface area contributed by atoms with Crippen LogP contribution in [0.4, 0.5) is 0 Å². The summed E-state index contributed by atoms with van der Waals surface area (Å²) < 4.78 is 6.74. The summed E-state index contributed by atoms with van der Waals surface area (Å²) in [5, 5.41) is 0. The standard InChI is InChI=1S/C18H20BrN3O2.2ClH/c1-18(11-20)7-9-22(12-18)17(23)15-6-3-8-21-16(15)24-14-5-2-4-13(19)10-14;;/h2-6,8,10H,7,9,11-12,20H2,1H3;2*1H. The molecule has 8 heteroatoms. The Balaban J connectivity index is 0.00000169. The van der Waals surface area contributed by atoms with Crippen LogP contribution in [0, 0.1) is 5.41 Å². The van der Waals surface area contributed by atoms with Gasteiger partial charge in [0.25, 0.3) is 5.91 Å². The van der Waals surface area contributed by atoms with Crippen molar-refractivity contribution in [2.75, 3.05) is 19.6 Å². The van der Waals surface area contributed by atoms with Crippen LogP contribution in [0.25, 0.3) is 0 Å². The Hall–Kier alpha value is -1.34. The summed E-state index contributed by atoms with van der Waals surface area (Å²) in [6, 6.07) is 10.9. The van der Waals surface area contributed by atoms with Crippen LogP contribution in [0.15, 0.2) is 47.1 Å². The van der Waals surface area contributed by atoms with Crippen LogP contribution < -0.4 is 10.5 Å². The van der Waals surface area contributed by atoms with E-state index in [1.54, 1.807) is 18.3 Å². The maximum Gasteiger partial charge on any atom is 0.259 e. The van der Waals surface area contributed by atoms with E-state index in [0.29, 0.717) is 36.8 Å². The van der Waals surface area contributed by atoms with E-state index < -0.39 is 0 Å². The number of likely N-dealkylation sites (tertiary alicyclic amines) is 1. The van der Waals surface area contributed by atoms with Crippen LogP contribution in [0.2, 0.25) is 0 Å². The zero-order valence-electron chi connectivity index (χ0n) is 14.4. The lowest BCUT2D eigenvalue weighted by Crippen LogP contribution is -2.34. The largest absolute Gasteiger partial charge is 0.438 e. The Bertz CT molecular complexity index is 763. The van der Waals surface area contributed by atoms with E-state index in [2.05, 4.69) is 27.8 Å². The highest BCUT2D eigenvalue weighted by Gasteiger charge is 2.36. The van der Waals surface area contributed by atoms with E-state index in [1.165, 1.54) is 0 Å². The van der Waals surface area contributed by atoms with E-state index >= 15 is 0 Å². The molecule has 3 rings (SSSR count). The number of amides is 1. The lowest BCUT2D eigenvalue weighted by molar-refractivity contribution is 0.0773. The molecule has 0 radical (unpaired) electrons. The third-order valence-electron chi connectivity index (χ3n) is 4.35. The highest BCUT2D eigenvalue weighted by molar-refractivity contribution is 9.10. The van der Waals surface area contributed by atoms with Crippen molar-refractivity contribution in [3.63, 3.8) is 0 Å². The number of pyridine rings is 1. The fourth-order valence-electron chi connectivity index (χ4n) is 2.81. The van der Waals surface area contributed by atoms with Crippen molar-refractivity contribution >= 4 is 46.7 Å². The number of nitrogens with zero attached hydrogens (tertiary/aromatic N) is 2. The molecule has 1 aromatic heterocycles. The lowest BCUT2D eigenvalue weighted by Gasteiger charge is -2.23. The Kier molecular flexibility index (Phi) is 8.34. The Morgan fingerprint density at radius 1 is 1.35 bits per heavy atom. The molecule has 1 saturated heterocycles. The first-order valence-electron chi connectivity index (χ1n) is 7.88. The van der Waals surface area contributed by atoms with Crippen molar-refractivity contribution in [2.24, 2.45) is 11.1 Å². The van der Waals surface area contributed by atoms with Gasteiger partial charge in [0.15, 0.2) is 0 Å². The van der Waals surface area contributed by atoms with Gasteiger partial charge in [-0.1, -0.05) is 28.9 Å². The zero-order valence-corrected chi connectivity index (χ0v) is 17.6. The van der Waals surface area contributed by atoms with Crippen LogP contribution in [0.3, 0.4) is 0 Å². The second-order valence-electron chi connectivity index (χ2n) is 6.41. The van der Waals surface area contributed by atoms with Crippen molar-refractivity contribution in [2.45, 2.75) is 13.3 Å². The fourth-order valence-corrected chi connectivity index (χ4v) is 3.19. The van der Waals surface area contributed by atoms with Gasteiger partial charge in [-0.05, 0) is 48.7 Å². The van der Waals surface area contributed by atoms with Crippen LogP contribution >= 0.6 is 40.7 Å². The summed E-state index contributed by atoms with van der Waals surface area (Å²) >= 11 is 3.41. The number of ether oxygens (including phenoxy) is 1. The van der Waals surface area contributed by atoms with Gasteiger partial charge < -0.3 is 15.4 Å². The molecular formula is C18H22BrCl2N3O2. The third kappa shape index (κ3) is 5.10. The molecule has 1 aliphatic rings. The van der Waals surface area contributed by atoms with Gasteiger partial charge in [0.2, 0.25) is 5.88 Å². The van der Waals surface area contributed by atoms with E-state index in [4.69, 9.17) is 10.5 Å². The van der Waals surface area contributed by atoms with Gasteiger partial charge in [-0.15, -0.1) is 24.8 Å². The van der Waals surface area contributed by atoms with E-state index in [1.807, 2.05) is 29.2 Å². The number of carbonyl (C=O) groups is 1. The number of rotatable bonds is 4. The summed E-state index contributed by atoms with van der Waals surface area (Å²) in [7, 11) is 0. The van der Waals surface area contributed by atoms with Crippen molar-refractivity contribution in [3.05, 3.63) is 52.6 Å². The molecule has 0 bridgehead atoms. The molecule has 1 amide bonds. The minimum atomic E-state index is -0.0646. The minimum absolute atomic E-state index is 0. The Morgan fingerprint density at radius 3 is 2.77 bits per heavy atom. The molecule has 0 spiro atoms. The molecule has 1 unspecified atom stereocenters. The molecule has 1 aliphatic heterocycles. The van der Waals surface area contributed by atoms with Crippen molar-refractivity contribution in [1.29, 1.82) is 0 Å². The summed E-state index contributed by atoms with van der Waals surface area (Å²) in [6.07, 6.45) is 2.54. The fraction of sp³-hybridized carbons (Fsp3) is 0.333. The first-order valence-corrected chi connectivity index (χ1v) is 8.68. The third-order valence-corrected chi connectivity index (χ3v) is 4.84. The first kappa shape index (κ1) is 22.7. The molecule has 0 aliphatic carbocycles. The number of aromatic nitrogens is 1. The number of carbonyl (C=O) groups excluding carboxylic acids is 1. The highest BCUT2D eigenvalue weighted by Crippen LogP contribution is 2.31. The average Bonchev–Trinajstić information content (AvgIpc) is 2.98. The molecule has 2 aromatic rings. The SMILES string of the molecule is CC1(CN)CCN(C(=O)c2cccnc2Oc2cccc(Br)c2)C1.Cl.Cl. The Morgan fingerprint density at radius 2 is 2.12 bits per heavy atom. The van der Waals surface area contributed by atoms with Crippen molar-refractivity contribution < 1.29 is 9.53 Å². The quantitative estimate of drug-likeness (QED) is 0.735. The number of hydrogen-bond acceptors (Lipinski definition) is 4. The van der Waals surface area contributed by atoms with Gasteiger partial charge in [-0.2, -0.15) is 0 Å². The number of benzene rings is 1. The second kappa shape index (κ2) is 9.55. The molecule has 2 N–H and O–H groups in total. The topological polar surface area (TPSA) is 68.5 Å². The van der Waals surface area contributed by atoms with E-state index in [9.17, 15) is 4.79 Å². The highest BCUT2D eigenvalue weighted by atomic mass is 79.9. The smallest absolute Gasteiger partial charge is 0.259 e. The molecule has 1 fully saturated rings. The van der Waals surface area contributed by atoms with Crippen LogP contribution in [-0.4, -0.2) is 35.4 Å². The van der Waals surface area contributed by atoms with Crippen LogP contribution in [0.5, 0.6) is 11.6 Å². The first-order chi connectivity index (χ1) is 11.5. The average molecular weight is 463 g/mol. The normalized spacial score (nSPS) is 18.7. The summed E-state index contributed by atoms with van der Waals surface area (Å²) in [4.78, 5) is 19.0. The molecular weight excluding hydrogens is 441 g/mol. The minimum Gasteiger partial charge on any atom is -0.438 e. The lowest BCUT2D eigenvalue weighted by atomic mass is 9.90. The van der Waals surface area contributed by atoms with Gasteiger partial charge in [0.05, 0.1) is 0 Å². The molecule has 5 nitrogen and oxygen atoms in total. The molecule has 0 saturated carbocycles. The molecule has 1 aromatic carbocycles. The van der Waals surface area contributed by atoms with Gasteiger partial charge in [-0.3, -0.25) is 4.79 Å². The number of hydrogen-bond donors (Lipinski definition) is 1. The Labute approximate surface area is 174 Å². The number of nitrogens with two attached hydrogens (primary N) is 1. The van der Waals surface area contributed by atoms with Gasteiger partial charge in [0, 0.05) is 23.8 Å². The zero-order chi connectivity index (χ0) is 17.2. The number of halogens is 3. The van der Waals surface area contributed by atoms with Gasteiger partial charge in [0.1, 0.15) is 11.3 Å². The second-order valence-corrected chi connectivity index (χ2v) is 7.32. The maximum atomic E-state index is 12.9. The van der Waals surface area contributed by atoms with Crippen molar-refractivity contribution in [3.8, 4) is 11.6 Å². The summed E-state index contributed by atoms with van der Waals surface area (Å²) in [6.45, 7) is 4.05. The maximum absolute atomic E-state index is 12.9. The molecule has 26 heavy (non-hydrogen) atoms. The van der Waals surface area contributed by atoms with E-state index in [0.717, 1.165) is 10.9 Å². The van der Waals surface area contributed by atoms with Gasteiger partial charge >= 0.3 is 0 Å². The summed E-state index contributed by atoms with van der Waals surface area (Å²) in [5.74, 6) is 0.887. The molecule has 142 valence electrons.